The summed E-state index contributed by atoms with van der Waals surface area (Å²) in [5.74, 6) is 1.09. The Morgan fingerprint density at radius 3 is 2.42 bits per heavy atom. The Morgan fingerprint density at radius 1 is 1.05 bits per heavy atom. The lowest BCUT2D eigenvalue weighted by atomic mass is 10.2. The van der Waals surface area contributed by atoms with E-state index >= 15 is 0 Å². The van der Waals surface area contributed by atoms with Crippen LogP contribution in [0.1, 0.15) is 23.4 Å². The topological polar surface area (TPSA) is 33.5 Å². The van der Waals surface area contributed by atoms with Crippen LogP contribution in [0.3, 0.4) is 0 Å². The fraction of sp³-hybridized carbons (Fsp3) is 0.267. The fourth-order valence-electron chi connectivity index (χ4n) is 2.30. The number of likely N-dealkylation sites (tertiary alicyclic amines) is 1. The smallest absolute Gasteiger partial charge is 0.289 e. The summed E-state index contributed by atoms with van der Waals surface area (Å²) in [6, 6.07) is 10.9. The van der Waals surface area contributed by atoms with E-state index in [-0.39, 0.29) is 5.91 Å². The lowest BCUT2D eigenvalue weighted by Gasteiger charge is -2.12. The lowest BCUT2D eigenvalue weighted by molar-refractivity contribution is 0.0762. The molecular weight excluding hydrogens is 262 g/mol. The van der Waals surface area contributed by atoms with Gasteiger partial charge in [-0.1, -0.05) is 11.6 Å². The van der Waals surface area contributed by atoms with Crippen molar-refractivity contribution in [3.8, 4) is 11.3 Å². The molecular formula is C15H14ClNO2. The van der Waals surface area contributed by atoms with Crippen molar-refractivity contribution >= 4 is 17.5 Å². The number of rotatable bonds is 2. The van der Waals surface area contributed by atoms with Crippen molar-refractivity contribution in [3.05, 3.63) is 47.2 Å². The molecule has 1 aromatic carbocycles. The maximum Gasteiger partial charge on any atom is 0.289 e. The molecule has 98 valence electrons. The molecule has 0 atom stereocenters. The Balaban J connectivity index is 1.82. The Hall–Kier alpha value is -1.74. The highest BCUT2D eigenvalue weighted by Gasteiger charge is 2.22. The van der Waals surface area contributed by atoms with Crippen molar-refractivity contribution in [2.24, 2.45) is 0 Å². The molecule has 2 aromatic rings. The van der Waals surface area contributed by atoms with E-state index < -0.39 is 0 Å². The molecule has 0 spiro atoms. The zero-order valence-electron chi connectivity index (χ0n) is 10.4. The van der Waals surface area contributed by atoms with Crippen LogP contribution in [-0.2, 0) is 0 Å². The molecule has 1 aliphatic heterocycles. The van der Waals surface area contributed by atoms with Crippen LogP contribution in [0.2, 0.25) is 5.02 Å². The van der Waals surface area contributed by atoms with Gasteiger partial charge in [0, 0.05) is 23.7 Å². The summed E-state index contributed by atoms with van der Waals surface area (Å²) in [6.07, 6.45) is 2.16. The third kappa shape index (κ3) is 2.51. The minimum absolute atomic E-state index is 0.0160. The highest BCUT2D eigenvalue weighted by Crippen LogP contribution is 2.25. The number of furan rings is 1. The molecule has 0 bridgehead atoms. The first-order chi connectivity index (χ1) is 9.24. The van der Waals surface area contributed by atoms with E-state index in [0.29, 0.717) is 16.5 Å². The first-order valence-electron chi connectivity index (χ1n) is 6.39. The van der Waals surface area contributed by atoms with Crippen molar-refractivity contribution < 1.29 is 9.21 Å². The molecule has 0 radical (unpaired) electrons. The zero-order chi connectivity index (χ0) is 13.2. The van der Waals surface area contributed by atoms with Gasteiger partial charge in [-0.3, -0.25) is 4.79 Å². The summed E-state index contributed by atoms with van der Waals surface area (Å²) >= 11 is 5.85. The molecule has 0 aliphatic carbocycles. The highest BCUT2D eigenvalue weighted by atomic mass is 35.5. The molecule has 2 heterocycles. The number of carbonyl (C=O) groups is 1. The van der Waals surface area contributed by atoms with Gasteiger partial charge >= 0.3 is 0 Å². The summed E-state index contributed by atoms with van der Waals surface area (Å²) < 4.78 is 5.65. The van der Waals surface area contributed by atoms with Crippen LogP contribution in [0.15, 0.2) is 40.8 Å². The van der Waals surface area contributed by atoms with Crippen molar-refractivity contribution in [2.45, 2.75) is 12.8 Å². The lowest BCUT2D eigenvalue weighted by Crippen LogP contribution is -2.27. The summed E-state index contributed by atoms with van der Waals surface area (Å²) in [5.41, 5.74) is 0.921. The molecule has 3 nitrogen and oxygen atoms in total. The van der Waals surface area contributed by atoms with Crippen LogP contribution in [0.5, 0.6) is 0 Å². The van der Waals surface area contributed by atoms with E-state index in [2.05, 4.69) is 0 Å². The van der Waals surface area contributed by atoms with E-state index in [9.17, 15) is 4.79 Å². The highest BCUT2D eigenvalue weighted by molar-refractivity contribution is 6.30. The van der Waals surface area contributed by atoms with E-state index in [1.807, 2.05) is 23.1 Å². The summed E-state index contributed by atoms with van der Waals surface area (Å²) in [7, 11) is 0. The number of benzene rings is 1. The molecule has 1 aliphatic rings. The van der Waals surface area contributed by atoms with Crippen molar-refractivity contribution in [3.63, 3.8) is 0 Å². The first-order valence-corrected chi connectivity index (χ1v) is 6.77. The summed E-state index contributed by atoms with van der Waals surface area (Å²) in [5, 5.41) is 0.684. The Labute approximate surface area is 116 Å². The number of amides is 1. The van der Waals surface area contributed by atoms with Crippen LogP contribution in [0.4, 0.5) is 0 Å². The third-order valence-electron chi connectivity index (χ3n) is 3.34. The van der Waals surface area contributed by atoms with Crippen molar-refractivity contribution in [1.82, 2.24) is 4.90 Å². The second-order valence-electron chi connectivity index (χ2n) is 4.67. The summed E-state index contributed by atoms with van der Waals surface area (Å²) in [4.78, 5) is 14.0. The number of nitrogens with zero attached hydrogens (tertiary/aromatic N) is 1. The quantitative estimate of drug-likeness (QED) is 0.834. The predicted molar refractivity (Wildman–Crippen MR) is 74.3 cm³/mol. The van der Waals surface area contributed by atoms with E-state index in [4.69, 9.17) is 16.0 Å². The molecule has 19 heavy (non-hydrogen) atoms. The maximum absolute atomic E-state index is 12.2. The molecule has 0 saturated carbocycles. The third-order valence-corrected chi connectivity index (χ3v) is 3.59. The van der Waals surface area contributed by atoms with Gasteiger partial charge in [-0.2, -0.15) is 0 Å². The Kier molecular flexibility index (Phi) is 3.30. The average Bonchev–Trinajstić information content (AvgIpc) is 3.10. The van der Waals surface area contributed by atoms with Gasteiger partial charge in [0.1, 0.15) is 5.76 Å². The Bertz CT molecular complexity index is 582. The van der Waals surface area contributed by atoms with Gasteiger partial charge in [-0.05, 0) is 49.2 Å². The number of carbonyl (C=O) groups excluding carboxylic acids is 1. The van der Waals surface area contributed by atoms with Crippen LogP contribution < -0.4 is 0 Å². The van der Waals surface area contributed by atoms with Gasteiger partial charge in [0.15, 0.2) is 5.76 Å². The van der Waals surface area contributed by atoms with Gasteiger partial charge in [0.05, 0.1) is 0 Å². The SMILES string of the molecule is O=C(c1ccc(-c2ccc(Cl)cc2)o1)N1CCCC1. The number of hydrogen-bond acceptors (Lipinski definition) is 2. The second-order valence-corrected chi connectivity index (χ2v) is 5.11. The van der Waals surface area contributed by atoms with Crippen LogP contribution in [0, 0.1) is 0 Å². The first kappa shape index (κ1) is 12.3. The number of halogens is 1. The van der Waals surface area contributed by atoms with Crippen LogP contribution in [0.25, 0.3) is 11.3 Å². The van der Waals surface area contributed by atoms with Gasteiger partial charge in [-0.25, -0.2) is 0 Å². The van der Waals surface area contributed by atoms with Crippen LogP contribution in [-0.4, -0.2) is 23.9 Å². The largest absolute Gasteiger partial charge is 0.451 e. The minimum Gasteiger partial charge on any atom is -0.451 e. The van der Waals surface area contributed by atoms with E-state index in [1.54, 1.807) is 18.2 Å². The molecule has 1 aromatic heterocycles. The Morgan fingerprint density at radius 2 is 1.74 bits per heavy atom. The maximum atomic E-state index is 12.2. The van der Waals surface area contributed by atoms with Gasteiger partial charge < -0.3 is 9.32 Å². The molecule has 0 unspecified atom stereocenters. The van der Waals surface area contributed by atoms with Gasteiger partial charge in [0.2, 0.25) is 0 Å². The standard InChI is InChI=1S/C15H14ClNO2/c16-12-5-3-11(4-6-12)13-7-8-14(19-13)15(18)17-9-1-2-10-17/h3-8H,1-2,9-10H2. The normalized spacial score (nSPS) is 14.9. The molecule has 1 saturated heterocycles. The average molecular weight is 276 g/mol. The summed E-state index contributed by atoms with van der Waals surface area (Å²) in [6.45, 7) is 1.66. The molecule has 1 amide bonds. The van der Waals surface area contributed by atoms with Crippen molar-refractivity contribution in [2.75, 3.05) is 13.1 Å². The zero-order valence-corrected chi connectivity index (χ0v) is 11.2. The molecule has 1 fully saturated rings. The van der Waals surface area contributed by atoms with E-state index in [0.717, 1.165) is 31.5 Å². The van der Waals surface area contributed by atoms with Crippen LogP contribution >= 0.6 is 11.6 Å². The van der Waals surface area contributed by atoms with E-state index in [1.165, 1.54) is 0 Å². The minimum atomic E-state index is -0.0160. The van der Waals surface area contributed by atoms with Gasteiger partial charge in [-0.15, -0.1) is 0 Å². The predicted octanol–water partition coefficient (Wildman–Crippen LogP) is 3.84. The molecule has 3 rings (SSSR count). The fourth-order valence-corrected chi connectivity index (χ4v) is 2.42. The number of hydrogen-bond donors (Lipinski definition) is 0. The molecule has 4 heteroatoms. The van der Waals surface area contributed by atoms with Crippen molar-refractivity contribution in [1.29, 1.82) is 0 Å². The van der Waals surface area contributed by atoms with Gasteiger partial charge in [0.25, 0.3) is 5.91 Å². The monoisotopic (exact) mass is 275 g/mol. The molecule has 0 N–H and O–H groups in total. The second kappa shape index (κ2) is 5.10.